The van der Waals surface area contributed by atoms with Crippen LogP contribution in [0.25, 0.3) is 0 Å². The van der Waals surface area contributed by atoms with Crippen molar-refractivity contribution in [1.29, 1.82) is 0 Å². The van der Waals surface area contributed by atoms with Crippen LogP contribution in [0, 0.1) is 0 Å². The summed E-state index contributed by atoms with van der Waals surface area (Å²) in [5.74, 6) is -1.38. The van der Waals surface area contributed by atoms with Crippen LogP contribution in [0.3, 0.4) is 0 Å². The molecule has 18 heavy (non-hydrogen) atoms. The van der Waals surface area contributed by atoms with Crippen LogP contribution >= 0.6 is 0 Å². The van der Waals surface area contributed by atoms with Crippen molar-refractivity contribution in [3.8, 4) is 5.75 Å². The van der Waals surface area contributed by atoms with Crippen molar-refractivity contribution in [3.05, 3.63) is 29.8 Å². The molecule has 0 fully saturated rings. The maximum atomic E-state index is 12.2. The van der Waals surface area contributed by atoms with E-state index in [0.717, 1.165) is 7.05 Å². The second-order valence-corrected chi connectivity index (χ2v) is 3.70. The summed E-state index contributed by atoms with van der Waals surface area (Å²) in [4.78, 5) is 11.6. The lowest BCUT2D eigenvalue weighted by Gasteiger charge is -2.20. The lowest BCUT2D eigenvalue weighted by molar-refractivity contribution is -0.184. The topological polar surface area (TPSA) is 29.5 Å². The van der Waals surface area contributed by atoms with E-state index in [0.29, 0.717) is 22.8 Å². The third kappa shape index (κ3) is 3.65. The first-order valence-electron chi connectivity index (χ1n) is 5.39. The Kier molecular flexibility index (Phi) is 4.58. The monoisotopic (exact) mass is 261 g/mol. The Balaban J connectivity index is 2.81. The van der Waals surface area contributed by atoms with E-state index in [1.807, 2.05) is 0 Å². The summed E-state index contributed by atoms with van der Waals surface area (Å²) in [7, 11) is 1.11. The van der Waals surface area contributed by atoms with Crippen LogP contribution in [-0.4, -0.2) is 30.6 Å². The molecule has 1 amide bonds. The smallest absolute Gasteiger partial charge is 0.471 e. The molecule has 1 aromatic carbocycles. The molecule has 0 bridgehead atoms. The van der Waals surface area contributed by atoms with Crippen LogP contribution in [0.2, 0.25) is 0 Å². The van der Waals surface area contributed by atoms with E-state index in [1.54, 1.807) is 31.2 Å². The minimum Gasteiger partial charge on any atom is -0.494 e. The molecule has 0 saturated heterocycles. The normalized spacial score (nSPS) is 11.2. The second kappa shape index (κ2) is 5.75. The molecule has 6 heteroatoms. The number of amides is 1. The van der Waals surface area contributed by atoms with E-state index in [4.69, 9.17) is 4.74 Å². The van der Waals surface area contributed by atoms with Gasteiger partial charge in [-0.25, -0.2) is 0 Å². The van der Waals surface area contributed by atoms with Gasteiger partial charge in [0, 0.05) is 19.2 Å². The van der Waals surface area contributed by atoms with Crippen LogP contribution in [-0.2, 0) is 11.3 Å². The largest absolute Gasteiger partial charge is 0.494 e. The first-order valence-corrected chi connectivity index (χ1v) is 5.39. The Labute approximate surface area is 103 Å². The minimum atomic E-state index is -4.85. The zero-order chi connectivity index (χ0) is 13.8. The first kappa shape index (κ1) is 14.3. The van der Waals surface area contributed by atoms with Crippen molar-refractivity contribution >= 4 is 5.91 Å². The van der Waals surface area contributed by atoms with E-state index in [9.17, 15) is 18.0 Å². The SMILES string of the molecule is CCOc1ccccc1CN(C)C(=O)C(F)(F)F. The molecule has 0 spiro atoms. The zero-order valence-electron chi connectivity index (χ0n) is 10.1. The maximum absolute atomic E-state index is 12.2. The maximum Gasteiger partial charge on any atom is 0.471 e. The first-order chi connectivity index (χ1) is 8.36. The molecule has 0 aromatic heterocycles. The number of carbonyl (C=O) groups excluding carboxylic acids is 1. The number of hydrogen-bond acceptors (Lipinski definition) is 2. The van der Waals surface area contributed by atoms with Gasteiger partial charge in [-0.15, -0.1) is 0 Å². The van der Waals surface area contributed by atoms with Gasteiger partial charge in [0.15, 0.2) is 0 Å². The number of carbonyl (C=O) groups is 1. The zero-order valence-corrected chi connectivity index (χ0v) is 10.1. The van der Waals surface area contributed by atoms with Gasteiger partial charge < -0.3 is 9.64 Å². The Morgan fingerprint density at radius 2 is 1.94 bits per heavy atom. The van der Waals surface area contributed by atoms with Crippen LogP contribution in [0.15, 0.2) is 24.3 Å². The Hall–Kier alpha value is -1.72. The highest BCUT2D eigenvalue weighted by atomic mass is 19.4. The molecule has 0 aliphatic heterocycles. The molecule has 0 aliphatic rings. The highest BCUT2D eigenvalue weighted by molar-refractivity contribution is 5.81. The molecule has 0 N–H and O–H groups in total. The van der Waals surface area contributed by atoms with Crippen molar-refractivity contribution in [2.75, 3.05) is 13.7 Å². The fourth-order valence-electron chi connectivity index (χ4n) is 1.47. The van der Waals surface area contributed by atoms with E-state index >= 15 is 0 Å². The third-order valence-corrected chi connectivity index (χ3v) is 2.27. The fourth-order valence-corrected chi connectivity index (χ4v) is 1.47. The lowest BCUT2D eigenvalue weighted by Crippen LogP contribution is -2.38. The summed E-state index contributed by atoms with van der Waals surface area (Å²) in [6, 6.07) is 6.69. The van der Waals surface area contributed by atoms with Gasteiger partial charge in [0.05, 0.1) is 6.61 Å². The predicted octanol–water partition coefficient (Wildman–Crippen LogP) is 2.61. The quantitative estimate of drug-likeness (QED) is 0.833. The number of nitrogens with zero attached hydrogens (tertiary/aromatic N) is 1. The summed E-state index contributed by atoms with van der Waals surface area (Å²) in [6.45, 7) is 2.05. The molecular weight excluding hydrogens is 247 g/mol. The molecular formula is C12H14F3NO2. The minimum absolute atomic E-state index is 0.144. The fraction of sp³-hybridized carbons (Fsp3) is 0.417. The standard InChI is InChI=1S/C12H14F3NO2/c1-3-18-10-7-5-4-6-9(10)8-16(2)11(17)12(13,14)15/h4-7H,3,8H2,1-2H3. The lowest BCUT2D eigenvalue weighted by atomic mass is 10.2. The Morgan fingerprint density at radius 1 is 1.33 bits per heavy atom. The average Bonchev–Trinajstić information content (AvgIpc) is 2.29. The second-order valence-electron chi connectivity index (χ2n) is 3.70. The molecule has 1 aromatic rings. The highest BCUT2D eigenvalue weighted by Gasteiger charge is 2.41. The molecule has 0 atom stereocenters. The van der Waals surface area contributed by atoms with Gasteiger partial charge in [-0.2, -0.15) is 13.2 Å². The van der Waals surface area contributed by atoms with Crippen molar-refractivity contribution in [1.82, 2.24) is 4.90 Å². The van der Waals surface area contributed by atoms with Crippen LogP contribution in [0.5, 0.6) is 5.75 Å². The van der Waals surface area contributed by atoms with Gasteiger partial charge in [0.2, 0.25) is 0 Å². The van der Waals surface area contributed by atoms with Crippen molar-refractivity contribution < 1.29 is 22.7 Å². The van der Waals surface area contributed by atoms with Gasteiger partial charge in [0.25, 0.3) is 0 Å². The number of rotatable bonds is 4. The summed E-state index contributed by atoms with van der Waals surface area (Å²) in [6.07, 6.45) is -4.85. The Morgan fingerprint density at radius 3 is 2.50 bits per heavy atom. The summed E-state index contributed by atoms with van der Waals surface area (Å²) in [5.41, 5.74) is 0.541. The summed E-state index contributed by atoms with van der Waals surface area (Å²) in [5, 5.41) is 0. The molecule has 0 aliphatic carbocycles. The average molecular weight is 261 g/mol. The van der Waals surface area contributed by atoms with Crippen LogP contribution < -0.4 is 4.74 Å². The molecule has 0 unspecified atom stereocenters. The van der Waals surface area contributed by atoms with Gasteiger partial charge in [0.1, 0.15) is 5.75 Å². The number of hydrogen-bond donors (Lipinski definition) is 0. The van der Waals surface area contributed by atoms with Gasteiger partial charge in [-0.1, -0.05) is 18.2 Å². The van der Waals surface area contributed by atoms with E-state index < -0.39 is 12.1 Å². The number of alkyl halides is 3. The number of benzene rings is 1. The molecule has 1 rings (SSSR count). The molecule has 3 nitrogen and oxygen atoms in total. The van der Waals surface area contributed by atoms with Crippen LogP contribution in [0.1, 0.15) is 12.5 Å². The van der Waals surface area contributed by atoms with Crippen molar-refractivity contribution in [3.63, 3.8) is 0 Å². The van der Waals surface area contributed by atoms with Crippen molar-refractivity contribution in [2.24, 2.45) is 0 Å². The van der Waals surface area contributed by atoms with E-state index in [-0.39, 0.29) is 6.54 Å². The Bertz CT molecular complexity index is 418. The number of ether oxygens (including phenoxy) is 1. The molecule has 0 heterocycles. The number of para-hydroxylation sites is 1. The van der Waals surface area contributed by atoms with Gasteiger partial charge >= 0.3 is 12.1 Å². The predicted molar refractivity (Wildman–Crippen MR) is 60.1 cm³/mol. The van der Waals surface area contributed by atoms with Gasteiger partial charge in [-0.05, 0) is 13.0 Å². The molecule has 0 saturated carbocycles. The third-order valence-electron chi connectivity index (χ3n) is 2.27. The van der Waals surface area contributed by atoms with E-state index in [2.05, 4.69) is 0 Å². The highest BCUT2D eigenvalue weighted by Crippen LogP contribution is 2.23. The summed E-state index contributed by atoms with van der Waals surface area (Å²) < 4.78 is 42.0. The van der Waals surface area contributed by atoms with E-state index in [1.165, 1.54) is 0 Å². The molecule has 0 radical (unpaired) electrons. The van der Waals surface area contributed by atoms with Crippen molar-refractivity contribution in [2.45, 2.75) is 19.6 Å². The number of halogens is 3. The molecule has 100 valence electrons. The van der Waals surface area contributed by atoms with Crippen LogP contribution in [0.4, 0.5) is 13.2 Å². The van der Waals surface area contributed by atoms with Gasteiger partial charge in [-0.3, -0.25) is 4.79 Å². The summed E-state index contributed by atoms with van der Waals surface area (Å²) >= 11 is 0.